The van der Waals surface area contributed by atoms with Gasteiger partial charge in [-0.25, -0.2) is 9.97 Å². The third kappa shape index (κ3) is 1.97. The highest BCUT2D eigenvalue weighted by molar-refractivity contribution is 5.87. The molecule has 5 heteroatoms. The molecule has 1 aliphatic heterocycles. The number of fused-ring (bicyclic) bond motifs is 1. The van der Waals surface area contributed by atoms with E-state index in [9.17, 15) is 5.11 Å². The molecule has 0 bridgehead atoms. The summed E-state index contributed by atoms with van der Waals surface area (Å²) >= 11 is 0. The summed E-state index contributed by atoms with van der Waals surface area (Å²) in [5, 5.41) is 11.6. The van der Waals surface area contributed by atoms with Crippen molar-refractivity contribution in [1.29, 1.82) is 0 Å². The third-order valence-electron chi connectivity index (χ3n) is 4.32. The van der Waals surface area contributed by atoms with Gasteiger partial charge in [0, 0.05) is 12.7 Å². The molecule has 1 aliphatic rings. The molecule has 2 aromatic rings. The minimum Gasteiger partial charge on any atom is -0.388 e. The third-order valence-corrected chi connectivity index (χ3v) is 4.32. The summed E-state index contributed by atoms with van der Waals surface area (Å²) in [5.41, 5.74) is 0.105. The number of anilines is 1. The maximum absolute atomic E-state index is 10.6. The smallest absolute Gasteiger partial charge is 0.142 e. The molecule has 0 aromatic carbocycles. The van der Waals surface area contributed by atoms with Gasteiger partial charge in [-0.2, -0.15) is 0 Å². The van der Waals surface area contributed by atoms with Gasteiger partial charge in [0.1, 0.15) is 17.8 Å². The summed E-state index contributed by atoms with van der Waals surface area (Å²) in [4.78, 5) is 14.1. The van der Waals surface area contributed by atoms with Crippen LogP contribution in [0.25, 0.3) is 11.0 Å². The van der Waals surface area contributed by atoms with Crippen LogP contribution in [0.4, 0.5) is 5.82 Å². The van der Waals surface area contributed by atoms with Crippen molar-refractivity contribution in [2.45, 2.75) is 45.8 Å². The molecule has 1 saturated heterocycles. The van der Waals surface area contributed by atoms with Gasteiger partial charge in [0.05, 0.1) is 17.0 Å². The summed E-state index contributed by atoms with van der Waals surface area (Å²) in [6.45, 7) is 9.09. The van der Waals surface area contributed by atoms with Crippen molar-refractivity contribution in [3.63, 3.8) is 0 Å². The molecule has 3 heterocycles. The van der Waals surface area contributed by atoms with Crippen LogP contribution in [0.2, 0.25) is 0 Å². The second-order valence-electron chi connectivity index (χ2n) is 6.93. The van der Waals surface area contributed by atoms with Crippen LogP contribution in [-0.4, -0.2) is 38.2 Å². The van der Waals surface area contributed by atoms with E-state index >= 15 is 0 Å². The minimum absolute atomic E-state index is 0.0306. The van der Waals surface area contributed by atoms with Crippen LogP contribution in [0.3, 0.4) is 0 Å². The van der Waals surface area contributed by atoms with E-state index < -0.39 is 5.60 Å². The first-order chi connectivity index (χ1) is 9.31. The maximum Gasteiger partial charge on any atom is 0.142 e. The Kier molecular flexibility index (Phi) is 2.80. The van der Waals surface area contributed by atoms with Crippen LogP contribution in [-0.2, 0) is 0 Å². The highest BCUT2D eigenvalue weighted by Gasteiger charge is 2.48. The molecule has 2 aromatic heterocycles. The number of nitrogens with zero attached hydrogens (tertiary/aromatic N) is 3. The standard InChI is InChI=1S/C15H22N4O/c1-14(2)6-8-19(13(14)15(3,4)20)12-10-5-7-16-11(10)17-9-18-12/h5,7,9,13,20H,6,8H2,1-4H3,(H,16,17,18)/t13-/m0/s1. The Bertz CT molecular complexity index is 626. The van der Waals surface area contributed by atoms with Crippen molar-refractivity contribution < 1.29 is 5.11 Å². The Labute approximate surface area is 119 Å². The first kappa shape index (κ1) is 13.4. The van der Waals surface area contributed by atoms with Crippen LogP contribution in [0.5, 0.6) is 0 Å². The van der Waals surface area contributed by atoms with Crippen LogP contribution in [0, 0.1) is 5.41 Å². The molecule has 20 heavy (non-hydrogen) atoms. The predicted octanol–water partition coefficient (Wildman–Crippen LogP) is 2.33. The Morgan fingerprint density at radius 1 is 1.40 bits per heavy atom. The summed E-state index contributed by atoms with van der Waals surface area (Å²) in [7, 11) is 0. The molecule has 5 nitrogen and oxygen atoms in total. The molecular weight excluding hydrogens is 252 g/mol. The van der Waals surface area contributed by atoms with Crippen LogP contribution < -0.4 is 4.90 Å². The van der Waals surface area contributed by atoms with Gasteiger partial charge in [0.25, 0.3) is 0 Å². The van der Waals surface area contributed by atoms with Crippen molar-refractivity contribution >= 4 is 16.9 Å². The van der Waals surface area contributed by atoms with Crippen LogP contribution in [0.15, 0.2) is 18.6 Å². The van der Waals surface area contributed by atoms with Crippen molar-refractivity contribution in [3.05, 3.63) is 18.6 Å². The number of aromatic amines is 1. The summed E-state index contributed by atoms with van der Waals surface area (Å²) in [6, 6.07) is 2.03. The molecule has 0 amide bonds. The maximum atomic E-state index is 10.6. The van der Waals surface area contributed by atoms with Crippen molar-refractivity contribution in [1.82, 2.24) is 15.0 Å². The van der Waals surface area contributed by atoms with E-state index in [2.05, 4.69) is 33.7 Å². The summed E-state index contributed by atoms with van der Waals surface area (Å²) in [6.07, 6.45) is 4.50. The summed E-state index contributed by atoms with van der Waals surface area (Å²) < 4.78 is 0. The van der Waals surface area contributed by atoms with Gasteiger partial charge in [-0.05, 0) is 31.7 Å². The van der Waals surface area contributed by atoms with Gasteiger partial charge in [-0.1, -0.05) is 13.8 Å². The average molecular weight is 274 g/mol. The number of hydrogen-bond acceptors (Lipinski definition) is 4. The zero-order valence-electron chi connectivity index (χ0n) is 12.5. The lowest BCUT2D eigenvalue weighted by atomic mass is 9.77. The van der Waals surface area contributed by atoms with Gasteiger partial charge in [0.15, 0.2) is 0 Å². The SMILES string of the molecule is CC(C)(O)[C@H]1N(c2ncnc3[nH]ccc23)CCC1(C)C. The molecule has 0 saturated carbocycles. The fraction of sp³-hybridized carbons (Fsp3) is 0.600. The number of H-pyrrole nitrogens is 1. The second kappa shape index (κ2) is 4.19. The van der Waals surface area contributed by atoms with E-state index in [0.717, 1.165) is 29.8 Å². The molecule has 108 valence electrons. The quantitative estimate of drug-likeness (QED) is 0.882. The first-order valence-corrected chi connectivity index (χ1v) is 7.08. The van der Waals surface area contributed by atoms with E-state index in [-0.39, 0.29) is 11.5 Å². The highest BCUT2D eigenvalue weighted by atomic mass is 16.3. The lowest BCUT2D eigenvalue weighted by Crippen LogP contribution is -2.52. The molecule has 0 radical (unpaired) electrons. The number of rotatable bonds is 2. The number of hydrogen-bond donors (Lipinski definition) is 2. The van der Waals surface area contributed by atoms with E-state index in [0.29, 0.717) is 0 Å². The predicted molar refractivity (Wildman–Crippen MR) is 79.7 cm³/mol. The van der Waals surface area contributed by atoms with E-state index in [1.54, 1.807) is 6.33 Å². The summed E-state index contributed by atoms with van der Waals surface area (Å²) in [5.74, 6) is 0.911. The topological polar surface area (TPSA) is 65.0 Å². The molecule has 1 fully saturated rings. The molecule has 3 rings (SSSR count). The van der Waals surface area contributed by atoms with E-state index in [1.165, 1.54) is 0 Å². The monoisotopic (exact) mass is 274 g/mol. The van der Waals surface area contributed by atoms with Crippen molar-refractivity contribution in [3.8, 4) is 0 Å². The minimum atomic E-state index is -0.784. The van der Waals surface area contributed by atoms with Crippen molar-refractivity contribution in [2.75, 3.05) is 11.4 Å². The van der Waals surface area contributed by atoms with Gasteiger partial charge in [-0.15, -0.1) is 0 Å². The molecule has 0 spiro atoms. The molecule has 0 aliphatic carbocycles. The Hall–Kier alpha value is -1.62. The first-order valence-electron chi connectivity index (χ1n) is 7.08. The average Bonchev–Trinajstić information content (AvgIpc) is 2.90. The zero-order chi connectivity index (χ0) is 14.5. The molecule has 1 atom stereocenters. The fourth-order valence-electron chi connectivity index (χ4n) is 3.75. The van der Waals surface area contributed by atoms with Gasteiger partial charge < -0.3 is 15.0 Å². The Morgan fingerprint density at radius 3 is 2.85 bits per heavy atom. The van der Waals surface area contributed by atoms with Crippen LogP contribution >= 0.6 is 0 Å². The number of aromatic nitrogens is 3. The van der Waals surface area contributed by atoms with Gasteiger partial charge in [-0.3, -0.25) is 0 Å². The molecule has 2 N–H and O–H groups in total. The molecule has 0 unspecified atom stereocenters. The molecular formula is C15H22N4O. The Morgan fingerprint density at radius 2 is 2.15 bits per heavy atom. The normalized spacial score (nSPS) is 22.6. The van der Waals surface area contributed by atoms with Gasteiger partial charge in [0.2, 0.25) is 0 Å². The lowest BCUT2D eigenvalue weighted by molar-refractivity contribution is 0.0180. The van der Waals surface area contributed by atoms with Gasteiger partial charge >= 0.3 is 0 Å². The highest BCUT2D eigenvalue weighted by Crippen LogP contribution is 2.44. The Balaban J connectivity index is 2.11. The van der Waals surface area contributed by atoms with E-state index in [4.69, 9.17) is 0 Å². The number of aliphatic hydroxyl groups is 1. The van der Waals surface area contributed by atoms with E-state index in [1.807, 2.05) is 26.1 Å². The second-order valence-corrected chi connectivity index (χ2v) is 6.93. The van der Waals surface area contributed by atoms with Crippen molar-refractivity contribution in [2.24, 2.45) is 5.41 Å². The lowest BCUT2D eigenvalue weighted by Gasteiger charge is -2.41. The largest absolute Gasteiger partial charge is 0.388 e. The fourth-order valence-corrected chi connectivity index (χ4v) is 3.75. The number of nitrogens with one attached hydrogen (secondary N) is 1. The zero-order valence-corrected chi connectivity index (χ0v) is 12.5. The van der Waals surface area contributed by atoms with Crippen LogP contribution in [0.1, 0.15) is 34.1 Å².